The van der Waals surface area contributed by atoms with Crippen molar-refractivity contribution in [2.75, 3.05) is 16.8 Å². The Hall–Kier alpha value is -4.46. The van der Waals surface area contributed by atoms with Gasteiger partial charge in [-0.15, -0.1) is 0 Å². The molecule has 0 saturated carbocycles. The van der Waals surface area contributed by atoms with Crippen LogP contribution in [0.3, 0.4) is 0 Å². The Bertz CT molecular complexity index is 1380. The standard InChI is InChI=1S/C29H29N5O3/c1-4-23-18-36-29(35)34(23)28-32-20(3)31-27(33-28)30-19(2)22-15-16-26(37-24-13-9-6-10-14-24)25(17-22)21-11-7-5-8-12-21/h5-17,19,23H,4,18H2,1-3H3,(H,30,31,32,33)/t19-,23-/m0/s1. The smallest absolute Gasteiger partial charge is 0.417 e. The first kappa shape index (κ1) is 24.2. The van der Waals surface area contributed by atoms with Gasteiger partial charge in [0.25, 0.3) is 0 Å². The number of aromatic nitrogens is 3. The van der Waals surface area contributed by atoms with Crippen molar-refractivity contribution < 1.29 is 14.3 Å². The van der Waals surface area contributed by atoms with Crippen LogP contribution >= 0.6 is 0 Å². The number of para-hydroxylation sites is 1. The van der Waals surface area contributed by atoms with Crippen LogP contribution in [0.5, 0.6) is 11.5 Å². The van der Waals surface area contributed by atoms with Crippen molar-refractivity contribution in [3.8, 4) is 22.6 Å². The van der Waals surface area contributed by atoms with Crippen molar-refractivity contribution >= 4 is 18.0 Å². The van der Waals surface area contributed by atoms with Gasteiger partial charge in [-0.05, 0) is 55.7 Å². The molecule has 0 spiro atoms. The number of carbonyl (C=O) groups excluding carboxylic acids is 1. The lowest BCUT2D eigenvalue weighted by Crippen LogP contribution is -2.34. The lowest BCUT2D eigenvalue weighted by atomic mass is 9.99. The molecule has 1 fully saturated rings. The van der Waals surface area contributed by atoms with Crippen LogP contribution in [-0.2, 0) is 4.74 Å². The number of hydrogen-bond donors (Lipinski definition) is 1. The van der Waals surface area contributed by atoms with Gasteiger partial charge in [-0.2, -0.15) is 15.0 Å². The minimum Gasteiger partial charge on any atom is -0.457 e. The number of nitrogens with one attached hydrogen (secondary N) is 1. The Morgan fingerprint density at radius 2 is 1.76 bits per heavy atom. The van der Waals surface area contributed by atoms with E-state index in [-0.39, 0.29) is 12.1 Å². The van der Waals surface area contributed by atoms with Crippen LogP contribution in [0.2, 0.25) is 0 Å². The van der Waals surface area contributed by atoms with Crippen molar-refractivity contribution in [3.05, 3.63) is 90.3 Å². The predicted octanol–water partition coefficient (Wildman–Crippen LogP) is 6.55. The molecule has 1 aliphatic heterocycles. The van der Waals surface area contributed by atoms with Gasteiger partial charge in [0.1, 0.15) is 23.9 Å². The molecule has 2 heterocycles. The number of anilines is 2. The minimum atomic E-state index is -0.432. The number of benzene rings is 3. The number of amides is 1. The summed E-state index contributed by atoms with van der Waals surface area (Å²) in [5.74, 6) is 2.76. The zero-order valence-corrected chi connectivity index (χ0v) is 21.1. The van der Waals surface area contributed by atoms with Gasteiger partial charge in [0.05, 0.1) is 12.1 Å². The number of hydrogen-bond acceptors (Lipinski definition) is 7. The third-order valence-corrected chi connectivity index (χ3v) is 6.29. The first-order valence-electron chi connectivity index (χ1n) is 12.4. The fourth-order valence-electron chi connectivity index (χ4n) is 4.29. The molecule has 0 bridgehead atoms. The Labute approximate surface area is 216 Å². The first-order chi connectivity index (χ1) is 18.0. The molecule has 5 rings (SSSR count). The zero-order valence-electron chi connectivity index (χ0n) is 21.1. The number of cyclic esters (lactones) is 1. The highest BCUT2D eigenvalue weighted by molar-refractivity contribution is 5.88. The van der Waals surface area contributed by atoms with Crippen LogP contribution < -0.4 is 15.0 Å². The molecule has 1 amide bonds. The Kier molecular flexibility index (Phi) is 6.98. The summed E-state index contributed by atoms with van der Waals surface area (Å²) in [5, 5.41) is 3.38. The van der Waals surface area contributed by atoms with E-state index >= 15 is 0 Å². The van der Waals surface area contributed by atoms with Gasteiger partial charge in [-0.25, -0.2) is 9.69 Å². The van der Waals surface area contributed by atoms with Gasteiger partial charge >= 0.3 is 6.09 Å². The molecule has 0 aliphatic carbocycles. The summed E-state index contributed by atoms with van der Waals surface area (Å²) in [4.78, 5) is 27.2. The average molecular weight is 496 g/mol. The third kappa shape index (κ3) is 5.38. The molecule has 188 valence electrons. The van der Waals surface area contributed by atoms with Crippen molar-refractivity contribution in [3.63, 3.8) is 0 Å². The molecular weight excluding hydrogens is 466 g/mol. The molecule has 1 N–H and O–H groups in total. The summed E-state index contributed by atoms with van der Waals surface area (Å²) in [6.07, 6.45) is 0.313. The molecule has 2 atom stereocenters. The van der Waals surface area contributed by atoms with E-state index in [9.17, 15) is 4.79 Å². The van der Waals surface area contributed by atoms with E-state index in [0.717, 1.165) is 34.6 Å². The SMILES string of the molecule is CC[C@H]1COC(=O)N1c1nc(C)nc(N[C@@H](C)c2ccc(Oc3ccccc3)c(-c3ccccc3)c2)n1. The second-order valence-corrected chi connectivity index (χ2v) is 8.92. The maximum Gasteiger partial charge on any atom is 0.417 e. The van der Waals surface area contributed by atoms with Crippen LogP contribution in [0.1, 0.15) is 37.7 Å². The van der Waals surface area contributed by atoms with E-state index in [4.69, 9.17) is 9.47 Å². The van der Waals surface area contributed by atoms with Gasteiger partial charge < -0.3 is 14.8 Å². The van der Waals surface area contributed by atoms with E-state index in [1.807, 2.05) is 74.5 Å². The molecule has 4 aromatic rings. The predicted molar refractivity (Wildman–Crippen MR) is 143 cm³/mol. The quantitative estimate of drug-likeness (QED) is 0.296. The van der Waals surface area contributed by atoms with Gasteiger partial charge in [0.2, 0.25) is 11.9 Å². The highest BCUT2D eigenvalue weighted by atomic mass is 16.6. The van der Waals surface area contributed by atoms with Crippen molar-refractivity contribution in [1.82, 2.24) is 15.0 Å². The maximum absolute atomic E-state index is 12.3. The van der Waals surface area contributed by atoms with Gasteiger partial charge in [-0.1, -0.05) is 61.5 Å². The number of ether oxygens (including phenoxy) is 2. The normalized spacial score (nSPS) is 15.8. The summed E-state index contributed by atoms with van der Waals surface area (Å²) < 4.78 is 11.5. The summed E-state index contributed by atoms with van der Waals surface area (Å²) in [7, 11) is 0. The molecular formula is C29H29N5O3. The number of nitrogens with zero attached hydrogens (tertiary/aromatic N) is 4. The van der Waals surface area contributed by atoms with Gasteiger partial charge in [0, 0.05) is 5.56 Å². The minimum absolute atomic E-state index is 0.0924. The number of carbonyl (C=O) groups is 1. The van der Waals surface area contributed by atoms with E-state index in [1.54, 1.807) is 6.92 Å². The fourth-order valence-corrected chi connectivity index (χ4v) is 4.29. The summed E-state index contributed by atoms with van der Waals surface area (Å²) in [6.45, 7) is 6.16. The second-order valence-electron chi connectivity index (χ2n) is 8.92. The lowest BCUT2D eigenvalue weighted by molar-refractivity contribution is 0.178. The lowest BCUT2D eigenvalue weighted by Gasteiger charge is -2.21. The molecule has 3 aromatic carbocycles. The van der Waals surface area contributed by atoms with E-state index in [0.29, 0.717) is 24.3 Å². The highest BCUT2D eigenvalue weighted by Crippen LogP contribution is 2.36. The first-order valence-corrected chi connectivity index (χ1v) is 12.4. The molecule has 1 aliphatic rings. The number of rotatable bonds is 8. The van der Waals surface area contributed by atoms with Crippen LogP contribution in [0.4, 0.5) is 16.7 Å². The summed E-state index contributed by atoms with van der Waals surface area (Å²) >= 11 is 0. The second kappa shape index (κ2) is 10.7. The van der Waals surface area contributed by atoms with Crippen molar-refractivity contribution in [2.24, 2.45) is 0 Å². The molecule has 37 heavy (non-hydrogen) atoms. The third-order valence-electron chi connectivity index (χ3n) is 6.29. The fraction of sp³-hybridized carbons (Fsp3) is 0.241. The molecule has 8 heteroatoms. The maximum atomic E-state index is 12.3. The van der Waals surface area contributed by atoms with Gasteiger partial charge in [-0.3, -0.25) is 0 Å². The van der Waals surface area contributed by atoms with Crippen LogP contribution in [-0.4, -0.2) is 33.7 Å². The molecule has 1 aromatic heterocycles. The van der Waals surface area contributed by atoms with Crippen LogP contribution in [0, 0.1) is 6.92 Å². The Balaban J connectivity index is 1.44. The monoisotopic (exact) mass is 495 g/mol. The Morgan fingerprint density at radius 1 is 1.03 bits per heavy atom. The zero-order chi connectivity index (χ0) is 25.8. The number of aryl methyl sites for hydroxylation is 1. The molecule has 0 unspecified atom stereocenters. The van der Waals surface area contributed by atoms with E-state index in [1.165, 1.54) is 4.90 Å². The Morgan fingerprint density at radius 3 is 2.49 bits per heavy atom. The van der Waals surface area contributed by atoms with E-state index < -0.39 is 6.09 Å². The van der Waals surface area contributed by atoms with Crippen LogP contribution in [0.25, 0.3) is 11.1 Å². The molecule has 0 radical (unpaired) electrons. The molecule has 8 nitrogen and oxygen atoms in total. The van der Waals surface area contributed by atoms with Crippen molar-refractivity contribution in [1.29, 1.82) is 0 Å². The highest BCUT2D eigenvalue weighted by Gasteiger charge is 2.35. The van der Waals surface area contributed by atoms with Gasteiger partial charge in [0.15, 0.2) is 0 Å². The van der Waals surface area contributed by atoms with Crippen molar-refractivity contribution in [2.45, 2.75) is 39.3 Å². The largest absolute Gasteiger partial charge is 0.457 e. The van der Waals surface area contributed by atoms with Crippen LogP contribution in [0.15, 0.2) is 78.9 Å². The molecule has 1 saturated heterocycles. The van der Waals surface area contributed by atoms with E-state index in [2.05, 4.69) is 38.5 Å². The summed E-state index contributed by atoms with van der Waals surface area (Å²) in [5.41, 5.74) is 3.07. The average Bonchev–Trinajstić information content (AvgIpc) is 3.30. The topological polar surface area (TPSA) is 89.5 Å². The summed E-state index contributed by atoms with van der Waals surface area (Å²) in [6, 6.07) is 25.8.